The Labute approximate surface area is 88.6 Å². The highest BCUT2D eigenvalue weighted by Crippen LogP contribution is 2.15. The van der Waals surface area contributed by atoms with E-state index in [2.05, 4.69) is 26.0 Å². The molecule has 1 atom stereocenters. The molecular formula is C13H23O. The minimum Gasteiger partial charge on any atom is -0.291 e. The first-order valence-corrected chi connectivity index (χ1v) is 5.77. The third-order valence-corrected chi connectivity index (χ3v) is 2.53. The van der Waals surface area contributed by atoms with Crippen molar-refractivity contribution in [2.75, 3.05) is 0 Å². The molecule has 0 aromatic rings. The number of hydrogen-bond acceptors (Lipinski definition) is 1. The fraction of sp³-hybridized carbons (Fsp3) is 0.769. The van der Waals surface area contributed by atoms with Crippen molar-refractivity contribution < 1.29 is 4.79 Å². The van der Waals surface area contributed by atoms with Crippen LogP contribution in [0, 0.1) is 5.92 Å². The molecule has 0 aliphatic carbocycles. The summed E-state index contributed by atoms with van der Waals surface area (Å²) in [5.74, 6) is 0.812. The molecule has 1 nitrogen and oxygen atoms in total. The zero-order valence-corrected chi connectivity index (χ0v) is 9.59. The standard InChI is InChI=1S/C13H23O/c1-3-4-5-7-10-13(2)11-8-6-9-12-14/h3-4,13H,5-11H2,1-2H3. The monoisotopic (exact) mass is 195 g/mol. The molecule has 0 aromatic carbocycles. The number of allylic oxidation sites excluding steroid dienone is 2. The molecule has 0 aliphatic rings. The maximum atomic E-state index is 9.96. The van der Waals surface area contributed by atoms with Crippen LogP contribution in [0.25, 0.3) is 0 Å². The van der Waals surface area contributed by atoms with Gasteiger partial charge in [0.2, 0.25) is 0 Å². The quantitative estimate of drug-likeness (QED) is 0.401. The second-order valence-corrected chi connectivity index (χ2v) is 4.00. The van der Waals surface area contributed by atoms with Crippen molar-refractivity contribution in [3.8, 4) is 0 Å². The van der Waals surface area contributed by atoms with Crippen LogP contribution in [0.5, 0.6) is 0 Å². The predicted octanol–water partition coefficient (Wildman–Crippen LogP) is 4.04. The molecule has 0 aromatic heterocycles. The van der Waals surface area contributed by atoms with Gasteiger partial charge in [0.15, 0.2) is 6.29 Å². The predicted molar refractivity (Wildman–Crippen MR) is 62.0 cm³/mol. The van der Waals surface area contributed by atoms with E-state index in [1.807, 2.05) is 6.29 Å². The third kappa shape index (κ3) is 9.50. The molecule has 0 saturated heterocycles. The van der Waals surface area contributed by atoms with E-state index < -0.39 is 0 Å². The Morgan fingerprint density at radius 2 is 1.93 bits per heavy atom. The third-order valence-electron chi connectivity index (χ3n) is 2.53. The first-order valence-electron chi connectivity index (χ1n) is 5.77. The van der Waals surface area contributed by atoms with Crippen LogP contribution in [0.2, 0.25) is 0 Å². The zero-order chi connectivity index (χ0) is 10.6. The Balaban J connectivity index is 3.18. The normalized spacial score (nSPS) is 13.3. The fourth-order valence-electron chi connectivity index (χ4n) is 1.59. The summed E-state index contributed by atoms with van der Waals surface area (Å²) in [4.78, 5) is 9.96. The van der Waals surface area contributed by atoms with Crippen molar-refractivity contribution in [1.29, 1.82) is 0 Å². The number of carbonyl (C=O) groups excluding carboxylic acids is 1. The molecule has 1 unspecified atom stereocenters. The van der Waals surface area contributed by atoms with E-state index in [4.69, 9.17) is 0 Å². The van der Waals surface area contributed by atoms with Crippen molar-refractivity contribution in [2.45, 2.75) is 58.8 Å². The van der Waals surface area contributed by atoms with Crippen LogP contribution in [0.4, 0.5) is 0 Å². The van der Waals surface area contributed by atoms with E-state index in [1.165, 1.54) is 32.1 Å². The second kappa shape index (κ2) is 10.5. The number of rotatable bonds is 9. The average Bonchev–Trinajstić information content (AvgIpc) is 2.19. The minimum atomic E-state index is 0.616. The van der Waals surface area contributed by atoms with Gasteiger partial charge in [-0.25, -0.2) is 0 Å². The van der Waals surface area contributed by atoms with Gasteiger partial charge in [0.25, 0.3) is 0 Å². The summed E-state index contributed by atoms with van der Waals surface area (Å²) in [5.41, 5.74) is 0. The average molecular weight is 195 g/mol. The van der Waals surface area contributed by atoms with E-state index >= 15 is 0 Å². The lowest BCUT2D eigenvalue weighted by Gasteiger charge is -2.09. The van der Waals surface area contributed by atoms with Crippen LogP contribution < -0.4 is 0 Å². The number of hydrogen-bond donors (Lipinski definition) is 0. The van der Waals surface area contributed by atoms with Crippen LogP contribution in [0.1, 0.15) is 58.8 Å². The van der Waals surface area contributed by atoms with Crippen LogP contribution in [0.3, 0.4) is 0 Å². The van der Waals surface area contributed by atoms with Gasteiger partial charge >= 0.3 is 0 Å². The lowest BCUT2D eigenvalue weighted by atomic mass is 9.97. The zero-order valence-electron chi connectivity index (χ0n) is 9.59. The molecule has 0 amide bonds. The fourth-order valence-corrected chi connectivity index (χ4v) is 1.59. The Hall–Kier alpha value is -0.590. The van der Waals surface area contributed by atoms with E-state index in [0.29, 0.717) is 6.42 Å². The number of unbranched alkanes of at least 4 members (excludes halogenated alkanes) is 3. The molecular weight excluding hydrogens is 172 g/mol. The smallest absolute Gasteiger partial charge is 0.198 e. The highest BCUT2D eigenvalue weighted by atomic mass is 16.1. The summed E-state index contributed by atoms with van der Waals surface area (Å²) in [5, 5.41) is 0. The molecule has 1 heteroatoms. The maximum Gasteiger partial charge on any atom is 0.198 e. The lowest BCUT2D eigenvalue weighted by molar-refractivity contribution is 0.453. The first kappa shape index (κ1) is 13.4. The summed E-state index contributed by atoms with van der Waals surface area (Å²) in [6.07, 6.45) is 14.2. The summed E-state index contributed by atoms with van der Waals surface area (Å²) in [7, 11) is 0. The van der Waals surface area contributed by atoms with Crippen molar-refractivity contribution in [1.82, 2.24) is 0 Å². The highest BCUT2D eigenvalue weighted by molar-refractivity contribution is 5.50. The lowest BCUT2D eigenvalue weighted by Crippen LogP contribution is -1.94. The van der Waals surface area contributed by atoms with Crippen molar-refractivity contribution in [2.24, 2.45) is 5.92 Å². The molecule has 0 fully saturated rings. The van der Waals surface area contributed by atoms with Gasteiger partial charge in [0.05, 0.1) is 0 Å². The van der Waals surface area contributed by atoms with Gasteiger partial charge in [-0.15, -0.1) is 0 Å². The van der Waals surface area contributed by atoms with Crippen LogP contribution in [-0.4, -0.2) is 6.29 Å². The molecule has 14 heavy (non-hydrogen) atoms. The Kier molecular flexibility index (Phi) is 10.0. The van der Waals surface area contributed by atoms with Crippen LogP contribution in [0.15, 0.2) is 12.2 Å². The topological polar surface area (TPSA) is 17.1 Å². The molecule has 81 valence electrons. The van der Waals surface area contributed by atoms with Gasteiger partial charge in [-0.2, -0.15) is 0 Å². The Morgan fingerprint density at radius 1 is 1.21 bits per heavy atom. The molecule has 0 N–H and O–H groups in total. The Morgan fingerprint density at radius 3 is 2.57 bits per heavy atom. The highest BCUT2D eigenvalue weighted by Gasteiger charge is 2.00. The molecule has 0 bridgehead atoms. The van der Waals surface area contributed by atoms with Crippen molar-refractivity contribution in [3.63, 3.8) is 0 Å². The summed E-state index contributed by atoms with van der Waals surface area (Å²) >= 11 is 0. The van der Waals surface area contributed by atoms with Crippen LogP contribution in [-0.2, 0) is 4.79 Å². The van der Waals surface area contributed by atoms with Gasteiger partial charge in [-0.3, -0.25) is 4.79 Å². The Bertz CT molecular complexity index is 149. The second-order valence-electron chi connectivity index (χ2n) is 4.00. The van der Waals surface area contributed by atoms with Gasteiger partial charge < -0.3 is 0 Å². The molecule has 0 spiro atoms. The molecule has 0 aliphatic heterocycles. The minimum absolute atomic E-state index is 0.616. The van der Waals surface area contributed by atoms with Gasteiger partial charge in [0.1, 0.15) is 0 Å². The molecule has 0 saturated carbocycles. The van der Waals surface area contributed by atoms with Gasteiger partial charge in [0, 0.05) is 6.42 Å². The van der Waals surface area contributed by atoms with Gasteiger partial charge in [-0.1, -0.05) is 38.3 Å². The van der Waals surface area contributed by atoms with E-state index in [0.717, 1.165) is 12.3 Å². The van der Waals surface area contributed by atoms with Gasteiger partial charge in [-0.05, 0) is 32.1 Å². The summed E-state index contributed by atoms with van der Waals surface area (Å²) in [6.45, 7) is 4.37. The summed E-state index contributed by atoms with van der Waals surface area (Å²) < 4.78 is 0. The van der Waals surface area contributed by atoms with E-state index in [9.17, 15) is 4.79 Å². The largest absolute Gasteiger partial charge is 0.291 e. The maximum absolute atomic E-state index is 9.96. The first-order chi connectivity index (χ1) is 6.81. The van der Waals surface area contributed by atoms with Crippen LogP contribution >= 0.6 is 0 Å². The molecule has 1 radical (unpaired) electrons. The van der Waals surface area contributed by atoms with E-state index in [1.54, 1.807) is 0 Å². The molecule has 0 heterocycles. The van der Waals surface area contributed by atoms with E-state index in [-0.39, 0.29) is 0 Å². The SMILES string of the molecule is CC=CCCCC(C)CCCC[C]=O. The summed E-state index contributed by atoms with van der Waals surface area (Å²) in [6, 6.07) is 0. The van der Waals surface area contributed by atoms with Crippen molar-refractivity contribution >= 4 is 6.29 Å². The molecule has 0 rings (SSSR count). The van der Waals surface area contributed by atoms with Crippen molar-refractivity contribution in [3.05, 3.63) is 12.2 Å².